The molecule has 4 rings (SSSR count). The molecule has 8 nitrogen and oxygen atoms in total. The van der Waals surface area contributed by atoms with E-state index in [0.717, 1.165) is 0 Å². The first-order valence-electron chi connectivity index (χ1n) is 10.1. The number of nitrogens with zero attached hydrogens (tertiary/aromatic N) is 2. The Morgan fingerprint density at radius 3 is 2.53 bits per heavy atom. The molecule has 0 unspecified atom stereocenters. The maximum atomic E-state index is 12.2. The highest BCUT2D eigenvalue weighted by molar-refractivity contribution is 6.30. The van der Waals surface area contributed by atoms with Crippen molar-refractivity contribution in [2.75, 3.05) is 13.2 Å². The number of amides is 1. The molecular formula is C20H21ClF3N3O5. The van der Waals surface area contributed by atoms with Crippen molar-refractivity contribution in [2.24, 2.45) is 0 Å². The number of halogens is 4. The van der Waals surface area contributed by atoms with Gasteiger partial charge in [0.05, 0.1) is 18.8 Å². The standard InChI is InChI=1S/C20H21ClF3N3O5/c21-12-1-4-14(5-2-12)29-10-17(28)25-13-3-6-16(30-9-13)19-27-26-18(31-19)11-7-15(8-11)32-20(22,23)24/h1-2,4-5,11,13,15-16H,3,6-10H2,(H,25,28)/t11?,13-,15?,16+/m0/s1. The topological polar surface area (TPSA) is 95.7 Å². The van der Waals surface area contributed by atoms with Crippen molar-refractivity contribution < 1.29 is 36.6 Å². The summed E-state index contributed by atoms with van der Waals surface area (Å²) in [6.45, 7) is 0.134. The van der Waals surface area contributed by atoms with Gasteiger partial charge in [0.1, 0.15) is 11.9 Å². The molecule has 2 aliphatic rings. The third-order valence-electron chi connectivity index (χ3n) is 5.30. The Bertz CT molecular complexity index is 910. The zero-order valence-electron chi connectivity index (χ0n) is 16.8. The minimum atomic E-state index is -4.64. The van der Waals surface area contributed by atoms with Crippen molar-refractivity contribution in [1.82, 2.24) is 15.5 Å². The molecule has 2 fully saturated rings. The van der Waals surface area contributed by atoms with Crippen molar-refractivity contribution in [3.05, 3.63) is 41.1 Å². The zero-order chi connectivity index (χ0) is 22.7. The number of hydrogen-bond donors (Lipinski definition) is 1. The number of carbonyl (C=O) groups excluding carboxylic acids is 1. The van der Waals surface area contributed by atoms with Crippen LogP contribution in [0.2, 0.25) is 5.02 Å². The summed E-state index contributed by atoms with van der Waals surface area (Å²) in [6.07, 6.45) is -4.39. The fourth-order valence-electron chi connectivity index (χ4n) is 3.60. The molecule has 1 aromatic carbocycles. The van der Waals surface area contributed by atoms with Crippen LogP contribution in [0.5, 0.6) is 5.75 Å². The van der Waals surface area contributed by atoms with Crippen molar-refractivity contribution in [3.63, 3.8) is 0 Å². The van der Waals surface area contributed by atoms with E-state index in [2.05, 4.69) is 20.3 Å². The van der Waals surface area contributed by atoms with E-state index in [1.54, 1.807) is 24.3 Å². The molecule has 1 aliphatic heterocycles. The van der Waals surface area contributed by atoms with Gasteiger partial charge in [0.25, 0.3) is 5.91 Å². The van der Waals surface area contributed by atoms with Crippen LogP contribution < -0.4 is 10.1 Å². The molecule has 174 valence electrons. The molecule has 12 heteroatoms. The molecule has 2 aromatic rings. The Labute approximate surface area is 186 Å². The van der Waals surface area contributed by atoms with E-state index in [1.807, 2.05) is 0 Å². The van der Waals surface area contributed by atoms with Gasteiger partial charge in [-0.05, 0) is 49.9 Å². The number of rotatable bonds is 7. The quantitative estimate of drug-likeness (QED) is 0.648. The highest BCUT2D eigenvalue weighted by Gasteiger charge is 2.42. The van der Waals surface area contributed by atoms with E-state index in [4.69, 9.17) is 25.5 Å². The van der Waals surface area contributed by atoms with Gasteiger partial charge in [-0.25, -0.2) is 0 Å². The van der Waals surface area contributed by atoms with Gasteiger partial charge >= 0.3 is 6.36 Å². The minimum Gasteiger partial charge on any atom is -0.484 e. The van der Waals surface area contributed by atoms with Crippen LogP contribution in [0, 0.1) is 0 Å². The smallest absolute Gasteiger partial charge is 0.484 e. The number of alkyl halides is 3. The van der Waals surface area contributed by atoms with Crippen LogP contribution in [0.3, 0.4) is 0 Å². The summed E-state index contributed by atoms with van der Waals surface area (Å²) in [5.74, 6) is 0.600. The van der Waals surface area contributed by atoms with Gasteiger partial charge in [-0.3, -0.25) is 9.53 Å². The van der Waals surface area contributed by atoms with Gasteiger partial charge in [0, 0.05) is 10.9 Å². The molecule has 1 amide bonds. The summed E-state index contributed by atoms with van der Waals surface area (Å²) >= 11 is 5.81. The highest BCUT2D eigenvalue weighted by atomic mass is 35.5. The number of carbonyl (C=O) groups is 1. The molecule has 1 aliphatic carbocycles. The van der Waals surface area contributed by atoms with Crippen LogP contribution >= 0.6 is 11.6 Å². The van der Waals surface area contributed by atoms with E-state index in [9.17, 15) is 18.0 Å². The summed E-state index contributed by atoms with van der Waals surface area (Å²) in [7, 11) is 0. The maximum Gasteiger partial charge on any atom is 0.522 e. The van der Waals surface area contributed by atoms with Gasteiger partial charge in [-0.1, -0.05) is 11.6 Å². The fraction of sp³-hybridized carbons (Fsp3) is 0.550. The lowest BCUT2D eigenvalue weighted by Gasteiger charge is -2.33. The van der Waals surface area contributed by atoms with Crippen LogP contribution in [0.1, 0.15) is 49.5 Å². The predicted molar refractivity (Wildman–Crippen MR) is 104 cm³/mol. The van der Waals surface area contributed by atoms with Crippen molar-refractivity contribution >= 4 is 17.5 Å². The van der Waals surface area contributed by atoms with Crippen molar-refractivity contribution in [3.8, 4) is 5.75 Å². The molecule has 2 heterocycles. The Morgan fingerprint density at radius 1 is 1.16 bits per heavy atom. The van der Waals surface area contributed by atoms with Crippen LogP contribution in [0.25, 0.3) is 0 Å². The lowest BCUT2D eigenvalue weighted by molar-refractivity contribution is -0.352. The lowest BCUT2D eigenvalue weighted by Crippen LogP contribution is -2.43. The highest BCUT2D eigenvalue weighted by Crippen LogP contribution is 2.41. The van der Waals surface area contributed by atoms with E-state index in [-0.39, 0.29) is 49.8 Å². The summed E-state index contributed by atoms with van der Waals surface area (Å²) < 4.78 is 57.4. The number of hydrogen-bond acceptors (Lipinski definition) is 7. The first-order valence-corrected chi connectivity index (χ1v) is 10.5. The molecular weight excluding hydrogens is 455 g/mol. The van der Waals surface area contributed by atoms with E-state index in [1.165, 1.54) is 0 Å². The summed E-state index contributed by atoms with van der Waals surface area (Å²) in [6, 6.07) is 6.52. The average molecular weight is 476 g/mol. The van der Waals surface area contributed by atoms with Gasteiger partial charge < -0.3 is 19.2 Å². The Morgan fingerprint density at radius 2 is 1.88 bits per heavy atom. The van der Waals surface area contributed by atoms with Gasteiger partial charge in [-0.15, -0.1) is 23.4 Å². The fourth-order valence-corrected chi connectivity index (χ4v) is 3.73. The van der Waals surface area contributed by atoms with Crippen LogP contribution in [-0.4, -0.2) is 47.8 Å². The second kappa shape index (κ2) is 9.63. The van der Waals surface area contributed by atoms with Crippen molar-refractivity contribution in [2.45, 2.75) is 56.2 Å². The number of aromatic nitrogens is 2. The normalized spacial score (nSPS) is 25.8. The second-order valence-electron chi connectivity index (χ2n) is 7.74. The maximum absolute atomic E-state index is 12.2. The number of ether oxygens (including phenoxy) is 3. The lowest BCUT2D eigenvalue weighted by atomic mass is 9.82. The average Bonchev–Trinajstić information content (AvgIpc) is 3.19. The summed E-state index contributed by atoms with van der Waals surface area (Å²) in [4.78, 5) is 12.1. The molecule has 0 radical (unpaired) electrons. The Hall–Kier alpha value is -2.37. The molecule has 1 N–H and O–H groups in total. The number of nitrogens with one attached hydrogen (secondary N) is 1. The predicted octanol–water partition coefficient (Wildman–Crippen LogP) is 3.92. The van der Waals surface area contributed by atoms with Crippen LogP contribution in [0.4, 0.5) is 13.2 Å². The molecule has 32 heavy (non-hydrogen) atoms. The van der Waals surface area contributed by atoms with Crippen LogP contribution in [0.15, 0.2) is 28.7 Å². The summed E-state index contributed by atoms with van der Waals surface area (Å²) in [5, 5.41) is 11.3. The molecule has 1 saturated carbocycles. The van der Waals surface area contributed by atoms with Crippen molar-refractivity contribution in [1.29, 1.82) is 0 Å². The molecule has 0 bridgehead atoms. The van der Waals surface area contributed by atoms with Gasteiger partial charge in [-0.2, -0.15) is 0 Å². The SMILES string of the molecule is O=C(COc1ccc(Cl)cc1)N[C@H]1CC[C@H](c2nnc(C3CC(OC(F)(F)F)C3)o2)OC1. The largest absolute Gasteiger partial charge is 0.522 e. The first kappa shape index (κ1) is 22.8. The minimum absolute atomic E-state index is 0.130. The van der Waals surface area contributed by atoms with Gasteiger partial charge in [0.2, 0.25) is 11.8 Å². The van der Waals surface area contributed by atoms with E-state index in [0.29, 0.717) is 29.5 Å². The molecule has 0 spiro atoms. The first-order chi connectivity index (χ1) is 15.2. The second-order valence-corrected chi connectivity index (χ2v) is 8.18. The Kier molecular flexibility index (Phi) is 6.87. The monoisotopic (exact) mass is 475 g/mol. The summed E-state index contributed by atoms with van der Waals surface area (Å²) in [5.41, 5.74) is 0. The molecule has 1 saturated heterocycles. The Balaban J connectivity index is 1.17. The van der Waals surface area contributed by atoms with E-state index < -0.39 is 18.6 Å². The van der Waals surface area contributed by atoms with E-state index >= 15 is 0 Å². The van der Waals surface area contributed by atoms with Gasteiger partial charge in [0.15, 0.2) is 6.61 Å². The third-order valence-corrected chi connectivity index (χ3v) is 5.55. The third kappa shape index (κ3) is 6.11. The van der Waals surface area contributed by atoms with Crippen LogP contribution in [-0.2, 0) is 14.3 Å². The number of benzene rings is 1. The molecule has 1 aromatic heterocycles. The molecule has 2 atom stereocenters. The zero-order valence-corrected chi connectivity index (χ0v) is 17.6.